The van der Waals surface area contributed by atoms with Gasteiger partial charge in [-0.05, 0) is 61.7 Å². The van der Waals surface area contributed by atoms with Gasteiger partial charge in [0, 0.05) is 17.3 Å². The molecular weight excluding hydrogens is 374 g/mol. The van der Waals surface area contributed by atoms with Crippen LogP contribution in [0.25, 0.3) is 0 Å². The molecule has 1 atom stereocenters. The minimum absolute atomic E-state index is 0.0680. The number of hydrogen-bond donors (Lipinski definition) is 2. The highest BCUT2D eigenvalue weighted by molar-refractivity contribution is 7.92. The largest absolute Gasteiger partial charge is 0.326 e. The topological polar surface area (TPSA) is 75.3 Å². The van der Waals surface area contributed by atoms with E-state index in [1.165, 1.54) is 12.1 Å². The van der Waals surface area contributed by atoms with Crippen molar-refractivity contribution in [3.63, 3.8) is 0 Å². The Morgan fingerprint density at radius 2 is 1.67 bits per heavy atom. The lowest BCUT2D eigenvalue weighted by atomic mass is 9.93. The number of halogens is 2. The summed E-state index contributed by atoms with van der Waals surface area (Å²) in [5.41, 5.74) is 0.781. The van der Waals surface area contributed by atoms with Gasteiger partial charge in [0.05, 0.1) is 4.90 Å². The zero-order valence-corrected chi connectivity index (χ0v) is 15.1. The van der Waals surface area contributed by atoms with Crippen LogP contribution in [0.4, 0.5) is 20.2 Å². The molecule has 0 bridgehead atoms. The fourth-order valence-corrected chi connectivity index (χ4v) is 3.83. The molecular formula is C19H18F2N2O3S. The van der Waals surface area contributed by atoms with Gasteiger partial charge in [-0.1, -0.05) is 12.2 Å². The van der Waals surface area contributed by atoms with Gasteiger partial charge in [0.2, 0.25) is 5.91 Å². The summed E-state index contributed by atoms with van der Waals surface area (Å²) in [5.74, 6) is -2.51. The first-order valence-electron chi connectivity index (χ1n) is 8.39. The van der Waals surface area contributed by atoms with E-state index in [0.717, 1.165) is 25.0 Å². The van der Waals surface area contributed by atoms with Crippen LogP contribution in [0.15, 0.2) is 59.5 Å². The van der Waals surface area contributed by atoms with Crippen molar-refractivity contribution in [3.8, 4) is 0 Å². The van der Waals surface area contributed by atoms with E-state index < -0.39 is 21.7 Å². The Morgan fingerprint density at radius 3 is 2.30 bits per heavy atom. The molecule has 2 N–H and O–H groups in total. The molecule has 0 aromatic heterocycles. The molecule has 0 saturated heterocycles. The number of anilines is 2. The van der Waals surface area contributed by atoms with Crippen LogP contribution in [0.2, 0.25) is 0 Å². The smallest absolute Gasteiger partial charge is 0.261 e. The van der Waals surface area contributed by atoms with Crippen LogP contribution < -0.4 is 10.0 Å². The first-order chi connectivity index (χ1) is 12.8. The maximum absolute atomic E-state index is 13.3. The Morgan fingerprint density at radius 1 is 0.963 bits per heavy atom. The summed E-state index contributed by atoms with van der Waals surface area (Å²) in [6.07, 6.45) is 6.43. The second kappa shape index (κ2) is 7.87. The Hall–Kier alpha value is -2.74. The van der Waals surface area contributed by atoms with Crippen LogP contribution in [-0.2, 0) is 14.8 Å². The third-order valence-electron chi connectivity index (χ3n) is 4.25. The van der Waals surface area contributed by atoms with Gasteiger partial charge >= 0.3 is 0 Å². The molecule has 142 valence electrons. The molecule has 2 aromatic carbocycles. The first-order valence-corrected chi connectivity index (χ1v) is 9.87. The SMILES string of the molecule is O=C(Nc1ccc(NS(=O)(=O)c2ccc(F)c(F)c2)cc1)C1CC=CCC1. The van der Waals surface area contributed by atoms with Crippen molar-refractivity contribution >= 4 is 27.3 Å². The highest BCUT2D eigenvalue weighted by Gasteiger charge is 2.19. The van der Waals surface area contributed by atoms with Gasteiger partial charge in [0.15, 0.2) is 11.6 Å². The number of rotatable bonds is 5. The number of amides is 1. The van der Waals surface area contributed by atoms with Crippen molar-refractivity contribution in [1.29, 1.82) is 0 Å². The highest BCUT2D eigenvalue weighted by Crippen LogP contribution is 2.22. The molecule has 1 amide bonds. The molecule has 8 heteroatoms. The minimum Gasteiger partial charge on any atom is -0.326 e. The predicted octanol–water partition coefficient (Wildman–Crippen LogP) is 4.06. The molecule has 2 aromatic rings. The second-order valence-electron chi connectivity index (χ2n) is 6.23. The van der Waals surface area contributed by atoms with E-state index >= 15 is 0 Å². The minimum atomic E-state index is -4.06. The molecule has 0 heterocycles. The number of nitrogens with one attached hydrogen (secondary N) is 2. The monoisotopic (exact) mass is 392 g/mol. The normalized spacial score (nSPS) is 16.7. The van der Waals surface area contributed by atoms with Crippen LogP contribution >= 0.6 is 0 Å². The standard InChI is InChI=1S/C19H18F2N2O3S/c20-17-11-10-16(12-18(17)21)27(25,26)23-15-8-6-14(7-9-15)22-19(24)13-4-2-1-3-5-13/h1-2,6-13,23H,3-5H2,(H,22,24). The molecule has 3 rings (SSSR count). The molecule has 0 aliphatic heterocycles. The molecule has 27 heavy (non-hydrogen) atoms. The van der Waals surface area contributed by atoms with Gasteiger partial charge < -0.3 is 5.32 Å². The van der Waals surface area contributed by atoms with E-state index in [4.69, 9.17) is 0 Å². The van der Waals surface area contributed by atoms with Crippen molar-refractivity contribution in [2.24, 2.45) is 5.92 Å². The molecule has 1 aliphatic carbocycles. The zero-order chi connectivity index (χ0) is 19.4. The van der Waals surface area contributed by atoms with Crippen molar-refractivity contribution < 1.29 is 22.0 Å². The van der Waals surface area contributed by atoms with Crippen LogP contribution in [0.5, 0.6) is 0 Å². The average Bonchev–Trinajstić information content (AvgIpc) is 2.66. The lowest BCUT2D eigenvalue weighted by Crippen LogP contribution is -2.23. The summed E-state index contributed by atoms with van der Waals surface area (Å²) in [6, 6.07) is 8.45. The molecule has 0 saturated carbocycles. The number of allylic oxidation sites excluding steroid dienone is 2. The Balaban J connectivity index is 1.67. The number of carbonyl (C=O) groups is 1. The van der Waals surface area contributed by atoms with E-state index in [0.29, 0.717) is 18.2 Å². The number of sulfonamides is 1. The summed E-state index contributed by atoms with van der Waals surface area (Å²) >= 11 is 0. The maximum atomic E-state index is 13.3. The van der Waals surface area contributed by atoms with Gasteiger partial charge in [0.1, 0.15) is 0 Å². The summed E-state index contributed by atoms with van der Waals surface area (Å²) in [4.78, 5) is 11.8. The molecule has 1 unspecified atom stereocenters. The van der Waals surface area contributed by atoms with E-state index in [9.17, 15) is 22.0 Å². The first kappa shape index (κ1) is 19.0. The zero-order valence-electron chi connectivity index (χ0n) is 14.3. The van der Waals surface area contributed by atoms with Crippen LogP contribution in [0.1, 0.15) is 19.3 Å². The van der Waals surface area contributed by atoms with Crippen molar-refractivity contribution in [2.75, 3.05) is 10.0 Å². The summed E-state index contributed by atoms with van der Waals surface area (Å²) in [6.45, 7) is 0. The molecule has 0 spiro atoms. The fraction of sp³-hybridized carbons (Fsp3) is 0.211. The van der Waals surface area contributed by atoms with Crippen molar-refractivity contribution in [3.05, 3.63) is 66.3 Å². The quantitative estimate of drug-likeness (QED) is 0.754. The molecule has 0 fully saturated rings. The number of hydrogen-bond acceptors (Lipinski definition) is 3. The summed E-state index contributed by atoms with van der Waals surface area (Å²) in [5, 5.41) is 2.81. The fourth-order valence-electron chi connectivity index (χ4n) is 2.76. The van der Waals surface area contributed by atoms with Gasteiger partial charge in [-0.25, -0.2) is 17.2 Å². The lowest BCUT2D eigenvalue weighted by Gasteiger charge is -2.17. The van der Waals surface area contributed by atoms with Crippen LogP contribution in [0.3, 0.4) is 0 Å². The Labute approximate surface area is 156 Å². The van der Waals surface area contributed by atoms with Gasteiger partial charge in [-0.15, -0.1) is 0 Å². The summed E-state index contributed by atoms with van der Waals surface area (Å²) in [7, 11) is -4.06. The van der Waals surface area contributed by atoms with Crippen molar-refractivity contribution in [2.45, 2.75) is 24.2 Å². The predicted molar refractivity (Wildman–Crippen MR) is 98.7 cm³/mol. The Bertz CT molecular complexity index is 973. The van der Waals surface area contributed by atoms with Gasteiger partial charge in [-0.3, -0.25) is 9.52 Å². The maximum Gasteiger partial charge on any atom is 0.261 e. The molecule has 0 radical (unpaired) electrons. The average molecular weight is 392 g/mol. The van der Waals surface area contributed by atoms with Gasteiger partial charge in [0.25, 0.3) is 10.0 Å². The van der Waals surface area contributed by atoms with Crippen LogP contribution in [-0.4, -0.2) is 14.3 Å². The molecule has 1 aliphatic rings. The third-order valence-corrected chi connectivity index (χ3v) is 5.62. The Kier molecular flexibility index (Phi) is 5.55. The number of benzene rings is 2. The van der Waals surface area contributed by atoms with Gasteiger partial charge in [-0.2, -0.15) is 0 Å². The summed E-state index contributed by atoms with van der Waals surface area (Å²) < 4.78 is 53.0. The molecule has 5 nitrogen and oxygen atoms in total. The van der Waals surface area contributed by atoms with Crippen molar-refractivity contribution in [1.82, 2.24) is 0 Å². The van der Waals surface area contributed by atoms with E-state index in [2.05, 4.69) is 16.1 Å². The van der Waals surface area contributed by atoms with Crippen LogP contribution in [0, 0.1) is 17.6 Å². The van der Waals surface area contributed by atoms with E-state index in [-0.39, 0.29) is 22.4 Å². The number of carbonyl (C=O) groups excluding carboxylic acids is 1. The highest BCUT2D eigenvalue weighted by atomic mass is 32.2. The van der Waals surface area contributed by atoms with E-state index in [1.54, 1.807) is 12.1 Å². The lowest BCUT2D eigenvalue weighted by molar-refractivity contribution is -0.120. The van der Waals surface area contributed by atoms with E-state index in [1.807, 2.05) is 6.08 Å². The second-order valence-corrected chi connectivity index (χ2v) is 7.91. The third kappa shape index (κ3) is 4.71.